The van der Waals surface area contributed by atoms with Crippen LogP contribution in [0.1, 0.15) is 36.8 Å². The fraction of sp³-hybridized carbons (Fsp3) is 0.312. The van der Waals surface area contributed by atoms with Crippen LogP contribution in [0.15, 0.2) is 84.9 Å². The number of anilines is 2. The van der Waals surface area contributed by atoms with E-state index in [0.29, 0.717) is 31.6 Å². The number of hydrogen-bond donors (Lipinski definition) is 3. The van der Waals surface area contributed by atoms with E-state index in [2.05, 4.69) is 16.0 Å². The van der Waals surface area contributed by atoms with Crippen molar-refractivity contribution < 1.29 is 23.9 Å². The minimum Gasteiger partial charge on any atom is -0.461 e. The number of carbonyl (C=O) groups excluding carboxylic acids is 4. The van der Waals surface area contributed by atoms with Crippen molar-refractivity contribution in [1.82, 2.24) is 10.2 Å². The maximum absolute atomic E-state index is 13.5. The average Bonchev–Trinajstić information content (AvgIpc) is 2.99. The van der Waals surface area contributed by atoms with Gasteiger partial charge in [0.2, 0.25) is 11.8 Å². The topological polar surface area (TPSA) is 117 Å². The van der Waals surface area contributed by atoms with E-state index in [-0.39, 0.29) is 37.2 Å². The van der Waals surface area contributed by atoms with Crippen LogP contribution in [-0.2, 0) is 25.7 Å². The molecular formula is C32H36N4O5. The zero-order chi connectivity index (χ0) is 29.0. The van der Waals surface area contributed by atoms with Crippen LogP contribution in [0.3, 0.4) is 0 Å². The molecule has 3 N–H and O–H groups in total. The van der Waals surface area contributed by atoms with E-state index in [1.165, 1.54) is 0 Å². The summed E-state index contributed by atoms with van der Waals surface area (Å²) in [6.07, 6.45) is 1.06. The summed E-state index contributed by atoms with van der Waals surface area (Å²) in [6, 6.07) is 24.5. The van der Waals surface area contributed by atoms with Gasteiger partial charge in [-0.2, -0.15) is 0 Å². The molecule has 1 saturated heterocycles. The summed E-state index contributed by atoms with van der Waals surface area (Å²) in [5.41, 5.74) is 3.18. The average molecular weight is 557 g/mol. The SMILES string of the molecule is Cc1cccc(NC(=O)N[C@H](CCC(=O)OCc2ccccc2)C(=O)N2CCC(C(=O)Nc3ccccc3)CC2)c1. The highest BCUT2D eigenvalue weighted by Gasteiger charge is 2.32. The Morgan fingerprint density at radius 3 is 2.20 bits per heavy atom. The molecule has 3 aromatic rings. The third-order valence-electron chi connectivity index (χ3n) is 6.98. The summed E-state index contributed by atoms with van der Waals surface area (Å²) < 4.78 is 5.37. The van der Waals surface area contributed by atoms with Crippen LogP contribution in [0, 0.1) is 12.8 Å². The van der Waals surface area contributed by atoms with Gasteiger partial charge in [0, 0.05) is 36.8 Å². The van der Waals surface area contributed by atoms with E-state index in [4.69, 9.17) is 4.74 Å². The minimum absolute atomic E-state index is 0.0378. The van der Waals surface area contributed by atoms with Gasteiger partial charge in [0.1, 0.15) is 12.6 Å². The predicted octanol–water partition coefficient (Wildman–Crippen LogP) is 4.89. The lowest BCUT2D eigenvalue weighted by molar-refractivity contribution is -0.145. The van der Waals surface area contributed by atoms with E-state index in [1.54, 1.807) is 11.0 Å². The first-order chi connectivity index (χ1) is 19.9. The van der Waals surface area contributed by atoms with Gasteiger partial charge in [-0.05, 0) is 61.6 Å². The molecule has 0 unspecified atom stereocenters. The molecule has 1 atom stereocenters. The third-order valence-corrected chi connectivity index (χ3v) is 6.98. The van der Waals surface area contributed by atoms with E-state index in [1.807, 2.05) is 85.8 Å². The van der Waals surface area contributed by atoms with Gasteiger partial charge in [-0.1, -0.05) is 60.7 Å². The van der Waals surface area contributed by atoms with Crippen molar-refractivity contribution >= 4 is 35.2 Å². The van der Waals surface area contributed by atoms with Crippen molar-refractivity contribution in [2.75, 3.05) is 23.7 Å². The molecule has 0 spiro atoms. The Labute approximate surface area is 240 Å². The Balaban J connectivity index is 1.34. The summed E-state index contributed by atoms with van der Waals surface area (Å²) in [5, 5.41) is 8.44. The number of esters is 1. The van der Waals surface area contributed by atoms with Crippen molar-refractivity contribution in [3.63, 3.8) is 0 Å². The minimum atomic E-state index is -0.932. The summed E-state index contributed by atoms with van der Waals surface area (Å²) in [5.74, 6) is -1.04. The van der Waals surface area contributed by atoms with Gasteiger partial charge in [0.25, 0.3) is 0 Å². The molecule has 9 nitrogen and oxygen atoms in total. The molecule has 1 heterocycles. The number of nitrogens with one attached hydrogen (secondary N) is 3. The molecular weight excluding hydrogens is 520 g/mol. The summed E-state index contributed by atoms with van der Waals surface area (Å²) in [6.45, 7) is 2.81. The van der Waals surface area contributed by atoms with Gasteiger partial charge in [-0.3, -0.25) is 14.4 Å². The molecule has 0 aromatic heterocycles. The number of para-hydroxylation sites is 1. The summed E-state index contributed by atoms with van der Waals surface area (Å²) in [7, 11) is 0. The van der Waals surface area contributed by atoms with Crippen molar-refractivity contribution in [3.05, 3.63) is 96.1 Å². The van der Waals surface area contributed by atoms with Crippen LogP contribution in [0.2, 0.25) is 0 Å². The maximum Gasteiger partial charge on any atom is 0.319 e. The summed E-state index contributed by atoms with van der Waals surface area (Å²) >= 11 is 0. The number of urea groups is 1. The maximum atomic E-state index is 13.5. The molecule has 4 rings (SSSR count). The molecule has 3 aromatic carbocycles. The molecule has 1 fully saturated rings. The third kappa shape index (κ3) is 9.20. The second kappa shape index (κ2) is 14.6. The molecule has 1 aliphatic rings. The first-order valence-corrected chi connectivity index (χ1v) is 13.9. The molecule has 0 radical (unpaired) electrons. The number of likely N-dealkylation sites (tertiary alicyclic amines) is 1. The van der Waals surface area contributed by atoms with Gasteiger partial charge in [-0.15, -0.1) is 0 Å². The molecule has 1 aliphatic heterocycles. The standard InChI is InChI=1S/C32H36N4O5/c1-23-9-8-14-27(21-23)34-32(40)35-28(15-16-29(37)41-22-24-10-4-2-5-11-24)31(39)36-19-17-25(18-20-36)30(38)33-26-12-6-3-7-13-26/h2-14,21,25,28H,15-20,22H2,1H3,(H,33,38)(H2,34,35,40)/t28-/m1/s1. The second-order valence-electron chi connectivity index (χ2n) is 10.2. The number of benzene rings is 3. The number of hydrogen-bond acceptors (Lipinski definition) is 5. The van der Waals surface area contributed by atoms with Crippen molar-refractivity contribution in [2.45, 2.75) is 45.3 Å². The van der Waals surface area contributed by atoms with Crippen LogP contribution < -0.4 is 16.0 Å². The Morgan fingerprint density at radius 2 is 1.51 bits per heavy atom. The largest absolute Gasteiger partial charge is 0.461 e. The molecule has 0 aliphatic carbocycles. The van der Waals surface area contributed by atoms with Gasteiger partial charge in [-0.25, -0.2) is 4.79 Å². The quantitative estimate of drug-likeness (QED) is 0.308. The van der Waals surface area contributed by atoms with Crippen LogP contribution >= 0.6 is 0 Å². The highest BCUT2D eigenvalue weighted by atomic mass is 16.5. The molecule has 9 heteroatoms. The highest BCUT2D eigenvalue weighted by molar-refractivity contribution is 5.95. The predicted molar refractivity (Wildman–Crippen MR) is 157 cm³/mol. The molecule has 41 heavy (non-hydrogen) atoms. The fourth-order valence-electron chi connectivity index (χ4n) is 4.73. The zero-order valence-corrected chi connectivity index (χ0v) is 23.2. The van der Waals surface area contributed by atoms with Crippen LogP contribution in [-0.4, -0.2) is 47.8 Å². The van der Waals surface area contributed by atoms with Gasteiger partial charge >= 0.3 is 12.0 Å². The zero-order valence-electron chi connectivity index (χ0n) is 23.2. The second-order valence-corrected chi connectivity index (χ2v) is 10.2. The number of aryl methyl sites for hydroxylation is 1. The fourth-order valence-corrected chi connectivity index (χ4v) is 4.73. The van der Waals surface area contributed by atoms with Crippen LogP contribution in [0.5, 0.6) is 0 Å². The van der Waals surface area contributed by atoms with Gasteiger partial charge in [0.05, 0.1) is 0 Å². The smallest absolute Gasteiger partial charge is 0.319 e. The summed E-state index contributed by atoms with van der Waals surface area (Å²) in [4.78, 5) is 53.2. The van der Waals surface area contributed by atoms with Gasteiger partial charge in [0.15, 0.2) is 0 Å². The number of rotatable bonds is 10. The van der Waals surface area contributed by atoms with Crippen LogP contribution in [0.4, 0.5) is 16.2 Å². The monoisotopic (exact) mass is 556 g/mol. The lowest BCUT2D eigenvalue weighted by Crippen LogP contribution is -2.52. The number of amides is 4. The van der Waals surface area contributed by atoms with E-state index in [0.717, 1.165) is 16.8 Å². The number of nitrogens with zero attached hydrogens (tertiary/aromatic N) is 1. The van der Waals surface area contributed by atoms with Crippen LogP contribution in [0.25, 0.3) is 0 Å². The van der Waals surface area contributed by atoms with Gasteiger partial charge < -0.3 is 25.6 Å². The Hall–Kier alpha value is -4.66. The Morgan fingerprint density at radius 1 is 0.854 bits per heavy atom. The number of carbonyl (C=O) groups is 4. The van der Waals surface area contributed by atoms with Crippen molar-refractivity contribution in [2.24, 2.45) is 5.92 Å². The molecule has 0 saturated carbocycles. The first kappa shape index (κ1) is 29.3. The Kier molecular flexibility index (Phi) is 10.5. The van der Waals surface area contributed by atoms with E-state index < -0.39 is 18.0 Å². The highest BCUT2D eigenvalue weighted by Crippen LogP contribution is 2.21. The van der Waals surface area contributed by atoms with E-state index in [9.17, 15) is 19.2 Å². The molecule has 214 valence electrons. The van der Waals surface area contributed by atoms with Crippen molar-refractivity contribution in [1.29, 1.82) is 0 Å². The lowest BCUT2D eigenvalue weighted by Gasteiger charge is -2.34. The lowest BCUT2D eigenvalue weighted by atomic mass is 9.95. The molecule has 0 bridgehead atoms. The molecule has 4 amide bonds. The Bertz CT molecular complexity index is 1320. The normalized spacial score (nSPS) is 14.0. The first-order valence-electron chi connectivity index (χ1n) is 13.9. The number of piperidine rings is 1. The number of ether oxygens (including phenoxy) is 1. The van der Waals surface area contributed by atoms with Crippen molar-refractivity contribution in [3.8, 4) is 0 Å². The van der Waals surface area contributed by atoms with E-state index >= 15 is 0 Å².